The highest BCUT2D eigenvalue weighted by Crippen LogP contribution is 2.28. The maximum atomic E-state index is 13.8. The van der Waals surface area contributed by atoms with Gasteiger partial charge < -0.3 is 0 Å². The Morgan fingerprint density at radius 3 is 2.79 bits per heavy atom. The van der Waals surface area contributed by atoms with Crippen LogP contribution in [0.15, 0.2) is 18.2 Å². The van der Waals surface area contributed by atoms with Crippen LogP contribution in [0.25, 0.3) is 0 Å². The van der Waals surface area contributed by atoms with E-state index in [1.807, 2.05) is 0 Å². The van der Waals surface area contributed by atoms with Gasteiger partial charge in [-0.05, 0) is 44.0 Å². The van der Waals surface area contributed by atoms with E-state index in [9.17, 15) is 4.39 Å². The van der Waals surface area contributed by atoms with E-state index in [1.165, 1.54) is 37.8 Å². The molecule has 0 saturated heterocycles. The molecule has 0 radical (unpaired) electrons. The van der Waals surface area contributed by atoms with Crippen molar-refractivity contribution in [3.05, 3.63) is 35.1 Å². The number of rotatable bonds is 3. The largest absolute Gasteiger partial charge is 0.299 e. The van der Waals surface area contributed by atoms with Crippen molar-refractivity contribution in [1.82, 2.24) is 4.90 Å². The van der Waals surface area contributed by atoms with Crippen LogP contribution in [-0.2, 0) is 6.54 Å². The third-order valence-electron chi connectivity index (χ3n) is 4.23. The first-order chi connectivity index (χ1) is 9.11. The van der Waals surface area contributed by atoms with Gasteiger partial charge in [0.2, 0.25) is 0 Å². The molecule has 0 amide bonds. The fourth-order valence-corrected chi connectivity index (χ4v) is 3.10. The third-order valence-corrected chi connectivity index (χ3v) is 4.23. The molecule has 1 aromatic carbocycles. The summed E-state index contributed by atoms with van der Waals surface area (Å²) >= 11 is 0. The van der Waals surface area contributed by atoms with E-state index in [0.29, 0.717) is 29.6 Å². The molecule has 1 aliphatic carbocycles. The Bertz CT molecular complexity index is 478. The molecule has 1 fully saturated rings. The van der Waals surface area contributed by atoms with Crippen LogP contribution in [0, 0.1) is 23.1 Å². The van der Waals surface area contributed by atoms with Crippen molar-refractivity contribution in [3.63, 3.8) is 0 Å². The van der Waals surface area contributed by atoms with Gasteiger partial charge in [0.05, 0.1) is 11.6 Å². The molecule has 2 nitrogen and oxygen atoms in total. The number of nitriles is 1. The molecule has 19 heavy (non-hydrogen) atoms. The molecule has 0 bridgehead atoms. The van der Waals surface area contributed by atoms with Gasteiger partial charge in [-0.3, -0.25) is 4.90 Å². The lowest BCUT2D eigenvalue weighted by molar-refractivity contribution is 0.132. The fraction of sp³-hybridized carbons (Fsp3) is 0.562. The van der Waals surface area contributed by atoms with Crippen LogP contribution in [0.5, 0.6) is 0 Å². The zero-order valence-corrected chi connectivity index (χ0v) is 11.7. The number of hydrogen-bond acceptors (Lipinski definition) is 2. The van der Waals surface area contributed by atoms with Gasteiger partial charge in [-0.15, -0.1) is 0 Å². The molecule has 1 aromatic rings. The van der Waals surface area contributed by atoms with E-state index < -0.39 is 0 Å². The Morgan fingerprint density at radius 1 is 1.37 bits per heavy atom. The monoisotopic (exact) mass is 260 g/mol. The molecular formula is C16H21FN2. The van der Waals surface area contributed by atoms with Crippen molar-refractivity contribution >= 4 is 0 Å². The maximum absolute atomic E-state index is 13.8. The topological polar surface area (TPSA) is 27.0 Å². The van der Waals surface area contributed by atoms with Crippen molar-refractivity contribution in [3.8, 4) is 6.07 Å². The molecule has 2 rings (SSSR count). The molecule has 1 saturated carbocycles. The summed E-state index contributed by atoms with van der Waals surface area (Å²) < 4.78 is 13.8. The summed E-state index contributed by atoms with van der Waals surface area (Å²) in [5.74, 6) is 0.454. The van der Waals surface area contributed by atoms with Crippen LogP contribution in [0.2, 0.25) is 0 Å². The number of hydrogen-bond donors (Lipinski definition) is 0. The maximum Gasteiger partial charge on any atom is 0.127 e. The number of nitrogens with zero attached hydrogens (tertiary/aromatic N) is 2. The highest BCUT2D eigenvalue weighted by molar-refractivity contribution is 5.33. The molecule has 1 aliphatic rings. The van der Waals surface area contributed by atoms with Crippen molar-refractivity contribution in [2.75, 3.05) is 7.05 Å². The smallest absolute Gasteiger partial charge is 0.127 e. The molecule has 0 aromatic heterocycles. The Balaban J connectivity index is 2.09. The van der Waals surface area contributed by atoms with Crippen LogP contribution in [0.4, 0.5) is 4.39 Å². The SMILES string of the molecule is CC1CCCCC1N(C)Cc1cc(C#N)ccc1F. The second-order valence-corrected chi connectivity index (χ2v) is 5.66. The van der Waals surface area contributed by atoms with Crippen LogP contribution in [0.1, 0.15) is 43.7 Å². The lowest BCUT2D eigenvalue weighted by Crippen LogP contribution is -2.38. The molecule has 3 heteroatoms. The summed E-state index contributed by atoms with van der Waals surface area (Å²) in [4.78, 5) is 2.24. The lowest BCUT2D eigenvalue weighted by atomic mass is 9.85. The van der Waals surface area contributed by atoms with Gasteiger partial charge >= 0.3 is 0 Å². The minimum atomic E-state index is -0.214. The average molecular weight is 260 g/mol. The third kappa shape index (κ3) is 3.33. The van der Waals surface area contributed by atoms with Crippen molar-refractivity contribution in [2.45, 2.75) is 45.2 Å². The first kappa shape index (κ1) is 14.0. The first-order valence-corrected chi connectivity index (χ1v) is 7.00. The second kappa shape index (κ2) is 6.16. The second-order valence-electron chi connectivity index (χ2n) is 5.66. The van der Waals surface area contributed by atoms with Crippen molar-refractivity contribution in [2.24, 2.45) is 5.92 Å². The molecular weight excluding hydrogens is 239 g/mol. The number of halogens is 1. The van der Waals surface area contributed by atoms with Gasteiger partial charge in [-0.1, -0.05) is 19.8 Å². The van der Waals surface area contributed by atoms with E-state index in [2.05, 4.69) is 24.9 Å². The lowest BCUT2D eigenvalue weighted by Gasteiger charge is -2.36. The van der Waals surface area contributed by atoms with E-state index in [1.54, 1.807) is 6.07 Å². The van der Waals surface area contributed by atoms with Gasteiger partial charge in [0.1, 0.15) is 5.82 Å². The summed E-state index contributed by atoms with van der Waals surface area (Å²) in [5, 5.41) is 8.89. The summed E-state index contributed by atoms with van der Waals surface area (Å²) in [5.41, 5.74) is 1.15. The Labute approximate surface area is 114 Å². The average Bonchev–Trinajstić information content (AvgIpc) is 2.41. The summed E-state index contributed by atoms with van der Waals surface area (Å²) in [6.07, 6.45) is 5.02. The van der Waals surface area contributed by atoms with Gasteiger partial charge in [0.25, 0.3) is 0 Å². The zero-order chi connectivity index (χ0) is 13.8. The predicted molar refractivity (Wildman–Crippen MR) is 74.0 cm³/mol. The normalized spacial score (nSPS) is 23.3. The minimum Gasteiger partial charge on any atom is -0.299 e. The summed E-state index contributed by atoms with van der Waals surface area (Å²) in [6, 6.07) is 7.19. The highest BCUT2D eigenvalue weighted by atomic mass is 19.1. The highest BCUT2D eigenvalue weighted by Gasteiger charge is 2.25. The summed E-state index contributed by atoms with van der Waals surface area (Å²) in [7, 11) is 2.06. The van der Waals surface area contributed by atoms with Gasteiger partial charge in [-0.25, -0.2) is 4.39 Å². The van der Waals surface area contributed by atoms with E-state index in [4.69, 9.17) is 5.26 Å². The van der Waals surface area contributed by atoms with Gasteiger partial charge in [0.15, 0.2) is 0 Å². The Kier molecular flexibility index (Phi) is 4.55. The zero-order valence-electron chi connectivity index (χ0n) is 11.7. The van der Waals surface area contributed by atoms with Crippen molar-refractivity contribution in [1.29, 1.82) is 5.26 Å². The molecule has 0 spiro atoms. The van der Waals surface area contributed by atoms with E-state index >= 15 is 0 Å². The van der Waals surface area contributed by atoms with E-state index in [0.717, 1.165) is 0 Å². The predicted octanol–water partition coefficient (Wildman–Crippen LogP) is 3.71. The van der Waals surface area contributed by atoms with Crippen molar-refractivity contribution < 1.29 is 4.39 Å². The van der Waals surface area contributed by atoms with Crippen LogP contribution in [-0.4, -0.2) is 18.0 Å². The quantitative estimate of drug-likeness (QED) is 0.828. The molecule has 0 aliphatic heterocycles. The molecule has 2 unspecified atom stereocenters. The first-order valence-electron chi connectivity index (χ1n) is 7.00. The van der Waals surface area contributed by atoms with Gasteiger partial charge in [-0.2, -0.15) is 5.26 Å². The minimum absolute atomic E-state index is 0.214. The fourth-order valence-electron chi connectivity index (χ4n) is 3.10. The van der Waals surface area contributed by atoms with Crippen LogP contribution >= 0.6 is 0 Å². The molecule has 102 valence electrons. The Morgan fingerprint density at radius 2 is 2.11 bits per heavy atom. The number of benzene rings is 1. The standard InChI is InChI=1S/C16H21FN2/c1-12-5-3-4-6-16(12)19(2)11-14-9-13(10-18)7-8-15(14)17/h7-9,12,16H,3-6,11H2,1-2H3. The van der Waals surface area contributed by atoms with Crippen LogP contribution < -0.4 is 0 Å². The summed E-state index contributed by atoms with van der Waals surface area (Å²) in [6.45, 7) is 2.86. The Hall–Kier alpha value is -1.40. The molecule has 0 N–H and O–H groups in total. The molecule has 0 heterocycles. The molecule has 2 atom stereocenters. The van der Waals surface area contributed by atoms with Crippen LogP contribution in [0.3, 0.4) is 0 Å². The van der Waals surface area contributed by atoms with E-state index in [-0.39, 0.29) is 5.82 Å². The van der Waals surface area contributed by atoms with Gasteiger partial charge in [0, 0.05) is 18.2 Å².